The normalized spacial score (nSPS) is 33.5. The number of hydrogen-bond donors (Lipinski definition) is 2. The predicted molar refractivity (Wildman–Crippen MR) is 51.6 cm³/mol. The highest BCUT2D eigenvalue weighted by molar-refractivity contribution is 5.08. The van der Waals surface area contributed by atoms with Gasteiger partial charge in [-0.3, -0.25) is 5.01 Å². The van der Waals surface area contributed by atoms with Gasteiger partial charge < -0.3 is 5.73 Å². The van der Waals surface area contributed by atoms with Gasteiger partial charge in [0.25, 0.3) is 0 Å². The van der Waals surface area contributed by atoms with Crippen LogP contribution in [0.15, 0.2) is 0 Å². The summed E-state index contributed by atoms with van der Waals surface area (Å²) in [5.74, 6) is 0. The molecule has 3 N–H and O–H groups in total. The molecular formula is C9H21N3. The quantitative estimate of drug-likeness (QED) is 0.610. The van der Waals surface area contributed by atoms with Crippen LogP contribution >= 0.6 is 0 Å². The first kappa shape index (κ1) is 9.96. The van der Waals surface area contributed by atoms with Gasteiger partial charge in [-0.25, -0.2) is 5.43 Å². The smallest absolute Gasteiger partial charge is 0.0498 e. The molecule has 0 aliphatic heterocycles. The third-order valence-corrected chi connectivity index (χ3v) is 3.26. The Hall–Kier alpha value is -0.120. The first-order valence-corrected chi connectivity index (χ1v) is 4.59. The second-order valence-electron chi connectivity index (χ2n) is 4.68. The Kier molecular flexibility index (Phi) is 2.47. The highest BCUT2D eigenvalue weighted by Gasteiger charge is 2.52. The third kappa shape index (κ3) is 1.37. The molecule has 1 unspecified atom stereocenters. The van der Waals surface area contributed by atoms with E-state index in [9.17, 15) is 0 Å². The van der Waals surface area contributed by atoms with E-state index in [4.69, 9.17) is 5.73 Å². The standard InChI is InChI=1S/C9H21N3/c1-8(2)5-6-9(8,7-10)11-12(3)4/h11H,5-7,10H2,1-4H3. The van der Waals surface area contributed by atoms with E-state index in [0.717, 1.165) is 6.54 Å². The number of nitrogens with one attached hydrogen (secondary N) is 1. The minimum absolute atomic E-state index is 0.135. The van der Waals surface area contributed by atoms with Gasteiger partial charge in [-0.15, -0.1) is 0 Å². The summed E-state index contributed by atoms with van der Waals surface area (Å²) in [4.78, 5) is 0. The molecule has 0 aromatic heterocycles. The molecule has 0 radical (unpaired) electrons. The Bertz CT molecular complexity index is 161. The Balaban J connectivity index is 2.65. The molecule has 1 rings (SSSR count). The molecule has 0 spiro atoms. The van der Waals surface area contributed by atoms with Gasteiger partial charge in [-0.05, 0) is 18.3 Å². The van der Waals surface area contributed by atoms with Gasteiger partial charge in [0, 0.05) is 26.2 Å². The fourth-order valence-corrected chi connectivity index (χ4v) is 1.99. The second kappa shape index (κ2) is 2.98. The first-order valence-electron chi connectivity index (χ1n) is 4.59. The number of nitrogens with zero attached hydrogens (tertiary/aromatic N) is 1. The molecule has 3 heteroatoms. The van der Waals surface area contributed by atoms with Crippen molar-refractivity contribution < 1.29 is 0 Å². The van der Waals surface area contributed by atoms with Crippen LogP contribution in [0.2, 0.25) is 0 Å². The van der Waals surface area contributed by atoms with Gasteiger partial charge >= 0.3 is 0 Å². The van der Waals surface area contributed by atoms with Crippen LogP contribution in [0.1, 0.15) is 26.7 Å². The molecule has 12 heavy (non-hydrogen) atoms. The molecule has 0 aromatic rings. The molecule has 3 nitrogen and oxygen atoms in total. The van der Waals surface area contributed by atoms with E-state index in [2.05, 4.69) is 19.3 Å². The van der Waals surface area contributed by atoms with Gasteiger partial charge in [-0.2, -0.15) is 0 Å². The Morgan fingerprint density at radius 1 is 1.33 bits per heavy atom. The topological polar surface area (TPSA) is 41.3 Å². The lowest BCUT2D eigenvalue weighted by molar-refractivity contribution is -0.0392. The first-order chi connectivity index (χ1) is 5.43. The Labute approximate surface area is 75.3 Å². The molecule has 0 aromatic carbocycles. The maximum atomic E-state index is 5.80. The van der Waals surface area contributed by atoms with Gasteiger partial charge in [0.1, 0.15) is 0 Å². The highest BCUT2D eigenvalue weighted by Crippen LogP contribution is 2.48. The zero-order chi connectivity index (χ0) is 9.41. The summed E-state index contributed by atoms with van der Waals surface area (Å²) < 4.78 is 0. The van der Waals surface area contributed by atoms with Crippen molar-refractivity contribution in [2.45, 2.75) is 32.2 Å². The number of hydrazine groups is 1. The van der Waals surface area contributed by atoms with E-state index in [0.29, 0.717) is 5.41 Å². The van der Waals surface area contributed by atoms with E-state index in [1.54, 1.807) is 0 Å². The average Bonchev–Trinajstić information content (AvgIpc) is 1.97. The number of rotatable bonds is 3. The zero-order valence-corrected chi connectivity index (χ0v) is 8.65. The summed E-state index contributed by atoms with van der Waals surface area (Å²) in [6.45, 7) is 5.28. The maximum absolute atomic E-state index is 5.80. The summed E-state index contributed by atoms with van der Waals surface area (Å²) >= 11 is 0. The van der Waals surface area contributed by atoms with E-state index in [1.165, 1.54) is 12.8 Å². The molecular weight excluding hydrogens is 150 g/mol. The summed E-state index contributed by atoms with van der Waals surface area (Å²) in [7, 11) is 4.04. The minimum atomic E-state index is 0.135. The summed E-state index contributed by atoms with van der Waals surface area (Å²) in [5.41, 5.74) is 9.72. The lowest BCUT2D eigenvalue weighted by atomic mass is 9.57. The summed E-state index contributed by atoms with van der Waals surface area (Å²) in [6.07, 6.45) is 2.46. The lowest BCUT2D eigenvalue weighted by Gasteiger charge is -2.57. The van der Waals surface area contributed by atoms with Crippen LogP contribution in [0.5, 0.6) is 0 Å². The van der Waals surface area contributed by atoms with Crippen molar-refractivity contribution in [2.24, 2.45) is 11.1 Å². The van der Waals surface area contributed by atoms with Crippen LogP contribution < -0.4 is 11.2 Å². The summed E-state index contributed by atoms with van der Waals surface area (Å²) in [5, 5.41) is 2.01. The molecule has 0 saturated heterocycles. The lowest BCUT2D eigenvalue weighted by Crippen LogP contribution is -2.69. The molecule has 0 bridgehead atoms. The van der Waals surface area contributed by atoms with Crippen LogP contribution in [0.4, 0.5) is 0 Å². The Morgan fingerprint density at radius 3 is 2.00 bits per heavy atom. The van der Waals surface area contributed by atoms with E-state index in [-0.39, 0.29) is 5.54 Å². The van der Waals surface area contributed by atoms with Crippen LogP contribution in [-0.4, -0.2) is 31.2 Å². The fraction of sp³-hybridized carbons (Fsp3) is 1.00. The molecule has 0 amide bonds. The molecule has 0 heterocycles. The van der Waals surface area contributed by atoms with E-state index >= 15 is 0 Å². The fourth-order valence-electron chi connectivity index (χ4n) is 1.99. The SMILES string of the molecule is CN(C)NC1(CN)CCC1(C)C. The highest BCUT2D eigenvalue weighted by atomic mass is 15.5. The van der Waals surface area contributed by atoms with Gasteiger partial charge in [-0.1, -0.05) is 13.8 Å². The molecule has 1 atom stereocenters. The van der Waals surface area contributed by atoms with Crippen molar-refractivity contribution in [1.29, 1.82) is 0 Å². The van der Waals surface area contributed by atoms with Gasteiger partial charge in [0.15, 0.2) is 0 Å². The average molecular weight is 171 g/mol. The second-order valence-corrected chi connectivity index (χ2v) is 4.68. The van der Waals surface area contributed by atoms with Crippen LogP contribution in [0.3, 0.4) is 0 Å². The van der Waals surface area contributed by atoms with Crippen molar-refractivity contribution in [3.05, 3.63) is 0 Å². The van der Waals surface area contributed by atoms with E-state index < -0.39 is 0 Å². The van der Waals surface area contributed by atoms with Crippen molar-refractivity contribution in [2.75, 3.05) is 20.6 Å². The monoisotopic (exact) mass is 171 g/mol. The third-order valence-electron chi connectivity index (χ3n) is 3.26. The molecule has 1 aliphatic rings. The van der Waals surface area contributed by atoms with E-state index in [1.807, 2.05) is 19.1 Å². The van der Waals surface area contributed by atoms with Crippen molar-refractivity contribution >= 4 is 0 Å². The largest absolute Gasteiger partial charge is 0.329 e. The van der Waals surface area contributed by atoms with Crippen LogP contribution in [-0.2, 0) is 0 Å². The minimum Gasteiger partial charge on any atom is -0.329 e. The van der Waals surface area contributed by atoms with Crippen LogP contribution in [0.25, 0.3) is 0 Å². The van der Waals surface area contributed by atoms with Crippen molar-refractivity contribution in [1.82, 2.24) is 10.4 Å². The van der Waals surface area contributed by atoms with Crippen molar-refractivity contribution in [3.8, 4) is 0 Å². The van der Waals surface area contributed by atoms with Crippen LogP contribution in [0, 0.1) is 5.41 Å². The summed E-state index contributed by atoms with van der Waals surface area (Å²) in [6, 6.07) is 0. The zero-order valence-electron chi connectivity index (χ0n) is 8.65. The maximum Gasteiger partial charge on any atom is 0.0498 e. The number of hydrogen-bond acceptors (Lipinski definition) is 3. The Morgan fingerprint density at radius 2 is 1.92 bits per heavy atom. The number of nitrogens with two attached hydrogens (primary N) is 1. The molecule has 1 aliphatic carbocycles. The van der Waals surface area contributed by atoms with Gasteiger partial charge in [0.2, 0.25) is 0 Å². The predicted octanol–water partition coefficient (Wildman–Crippen LogP) is 0.570. The molecule has 1 fully saturated rings. The van der Waals surface area contributed by atoms with Crippen molar-refractivity contribution in [3.63, 3.8) is 0 Å². The molecule has 1 saturated carbocycles. The van der Waals surface area contributed by atoms with Gasteiger partial charge in [0.05, 0.1) is 0 Å². The molecule has 72 valence electrons.